The van der Waals surface area contributed by atoms with Gasteiger partial charge in [0.15, 0.2) is 0 Å². The zero-order valence-corrected chi connectivity index (χ0v) is 13.9. The molecule has 23 heavy (non-hydrogen) atoms. The molecule has 0 aliphatic rings. The van der Waals surface area contributed by atoms with E-state index < -0.39 is 5.41 Å². The molecule has 1 aromatic heterocycles. The quantitative estimate of drug-likeness (QED) is 0.833. The van der Waals surface area contributed by atoms with Crippen molar-refractivity contribution in [2.45, 2.75) is 34.2 Å². The van der Waals surface area contributed by atoms with Crippen molar-refractivity contribution in [1.82, 2.24) is 5.32 Å². The molecule has 0 aliphatic heterocycles. The normalized spacial score (nSPS) is 11.1. The Labute approximate surface area is 136 Å². The SMILES string of the molecule is Cc1cccc(C)c1NC(=O)C(C)(C)C(=O)NCc1ccco1. The second kappa shape index (κ2) is 6.69. The van der Waals surface area contributed by atoms with Crippen LogP contribution in [-0.2, 0) is 16.1 Å². The average Bonchev–Trinajstić information content (AvgIpc) is 3.01. The first-order valence-electron chi connectivity index (χ1n) is 7.50. The van der Waals surface area contributed by atoms with Gasteiger partial charge in [-0.1, -0.05) is 18.2 Å². The minimum absolute atomic E-state index is 0.256. The highest BCUT2D eigenvalue weighted by Gasteiger charge is 2.36. The third-order valence-electron chi connectivity index (χ3n) is 3.86. The van der Waals surface area contributed by atoms with Crippen molar-refractivity contribution in [3.8, 4) is 0 Å². The van der Waals surface area contributed by atoms with Crippen LogP contribution < -0.4 is 10.6 Å². The Balaban J connectivity index is 2.05. The fraction of sp³-hybridized carbons (Fsp3) is 0.333. The monoisotopic (exact) mass is 314 g/mol. The lowest BCUT2D eigenvalue weighted by atomic mass is 9.90. The molecule has 0 bridgehead atoms. The molecule has 2 N–H and O–H groups in total. The van der Waals surface area contributed by atoms with Crippen LogP contribution in [0.15, 0.2) is 41.0 Å². The predicted octanol–water partition coefficient (Wildman–Crippen LogP) is 3.18. The molecule has 122 valence electrons. The average molecular weight is 314 g/mol. The Morgan fingerprint density at radius 3 is 2.26 bits per heavy atom. The van der Waals surface area contributed by atoms with Gasteiger partial charge in [-0.05, 0) is 51.0 Å². The number of hydrogen-bond acceptors (Lipinski definition) is 3. The minimum atomic E-state index is -1.19. The fourth-order valence-electron chi connectivity index (χ4n) is 2.19. The van der Waals surface area contributed by atoms with E-state index in [1.807, 2.05) is 32.0 Å². The van der Waals surface area contributed by atoms with Crippen LogP contribution >= 0.6 is 0 Å². The van der Waals surface area contributed by atoms with E-state index in [0.717, 1.165) is 16.8 Å². The van der Waals surface area contributed by atoms with Crippen LogP contribution in [0.3, 0.4) is 0 Å². The van der Waals surface area contributed by atoms with Crippen LogP contribution in [-0.4, -0.2) is 11.8 Å². The molecule has 5 heteroatoms. The number of anilines is 1. The Morgan fingerprint density at radius 2 is 1.70 bits per heavy atom. The smallest absolute Gasteiger partial charge is 0.239 e. The zero-order valence-electron chi connectivity index (χ0n) is 13.9. The summed E-state index contributed by atoms with van der Waals surface area (Å²) in [6.07, 6.45) is 1.54. The van der Waals surface area contributed by atoms with E-state index in [9.17, 15) is 9.59 Å². The number of carbonyl (C=O) groups is 2. The van der Waals surface area contributed by atoms with E-state index in [0.29, 0.717) is 5.76 Å². The van der Waals surface area contributed by atoms with Gasteiger partial charge in [0.2, 0.25) is 11.8 Å². The molecule has 1 heterocycles. The van der Waals surface area contributed by atoms with E-state index in [1.54, 1.807) is 32.2 Å². The van der Waals surface area contributed by atoms with Gasteiger partial charge in [0.05, 0.1) is 12.8 Å². The number of carbonyl (C=O) groups excluding carboxylic acids is 2. The van der Waals surface area contributed by atoms with E-state index in [-0.39, 0.29) is 18.4 Å². The molecular formula is C18H22N2O3. The number of hydrogen-bond donors (Lipinski definition) is 2. The number of nitrogens with one attached hydrogen (secondary N) is 2. The molecule has 0 radical (unpaired) electrons. The Morgan fingerprint density at radius 1 is 1.04 bits per heavy atom. The lowest BCUT2D eigenvalue weighted by molar-refractivity contribution is -0.138. The maximum Gasteiger partial charge on any atom is 0.239 e. The molecule has 5 nitrogen and oxygen atoms in total. The first kappa shape index (κ1) is 16.8. The summed E-state index contributed by atoms with van der Waals surface area (Å²) >= 11 is 0. The summed E-state index contributed by atoms with van der Waals surface area (Å²) in [7, 11) is 0. The van der Waals surface area contributed by atoms with Gasteiger partial charge in [-0.2, -0.15) is 0 Å². The summed E-state index contributed by atoms with van der Waals surface area (Å²) in [5.41, 5.74) is 1.49. The third kappa shape index (κ3) is 3.80. The van der Waals surface area contributed by atoms with Crippen molar-refractivity contribution in [1.29, 1.82) is 0 Å². The molecule has 1 aromatic carbocycles. The van der Waals surface area contributed by atoms with Gasteiger partial charge in [0, 0.05) is 5.69 Å². The molecule has 0 saturated carbocycles. The topological polar surface area (TPSA) is 71.3 Å². The van der Waals surface area contributed by atoms with Gasteiger partial charge >= 0.3 is 0 Å². The van der Waals surface area contributed by atoms with E-state index in [2.05, 4.69) is 10.6 Å². The van der Waals surface area contributed by atoms with Gasteiger partial charge < -0.3 is 15.1 Å². The second-order valence-electron chi connectivity index (χ2n) is 6.11. The maximum absolute atomic E-state index is 12.5. The number of aryl methyl sites for hydroxylation is 2. The number of rotatable bonds is 5. The van der Waals surface area contributed by atoms with E-state index in [4.69, 9.17) is 4.42 Å². The molecule has 0 unspecified atom stereocenters. The van der Waals surface area contributed by atoms with Crippen molar-refractivity contribution in [2.24, 2.45) is 5.41 Å². The lowest BCUT2D eigenvalue weighted by Crippen LogP contribution is -2.45. The van der Waals surface area contributed by atoms with Crippen molar-refractivity contribution in [2.75, 3.05) is 5.32 Å². The van der Waals surface area contributed by atoms with Crippen LogP contribution in [0.25, 0.3) is 0 Å². The maximum atomic E-state index is 12.5. The summed E-state index contributed by atoms with van der Waals surface area (Å²) in [4.78, 5) is 24.9. The van der Waals surface area contributed by atoms with Gasteiger partial charge in [-0.3, -0.25) is 9.59 Å². The van der Waals surface area contributed by atoms with Gasteiger partial charge in [-0.15, -0.1) is 0 Å². The Bertz CT molecular complexity index is 683. The highest BCUT2D eigenvalue weighted by Crippen LogP contribution is 2.24. The first-order chi connectivity index (χ1) is 10.8. The van der Waals surface area contributed by atoms with Crippen LogP contribution in [0.2, 0.25) is 0 Å². The highest BCUT2D eigenvalue weighted by atomic mass is 16.3. The molecule has 0 fully saturated rings. The molecule has 0 atom stereocenters. The van der Waals surface area contributed by atoms with Crippen molar-refractivity contribution >= 4 is 17.5 Å². The van der Waals surface area contributed by atoms with E-state index in [1.165, 1.54) is 0 Å². The summed E-state index contributed by atoms with van der Waals surface area (Å²) in [5.74, 6) is -0.0474. The van der Waals surface area contributed by atoms with Crippen LogP contribution in [0.5, 0.6) is 0 Å². The van der Waals surface area contributed by atoms with Crippen molar-refractivity contribution in [3.63, 3.8) is 0 Å². The summed E-state index contributed by atoms with van der Waals surface area (Å²) in [6.45, 7) is 7.31. The summed E-state index contributed by atoms with van der Waals surface area (Å²) in [6, 6.07) is 9.30. The highest BCUT2D eigenvalue weighted by molar-refractivity contribution is 6.10. The lowest BCUT2D eigenvalue weighted by Gasteiger charge is -2.23. The van der Waals surface area contributed by atoms with Crippen molar-refractivity contribution < 1.29 is 14.0 Å². The van der Waals surface area contributed by atoms with Crippen molar-refractivity contribution in [3.05, 3.63) is 53.5 Å². The van der Waals surface area contributed by atoms with Gasteiger partial charge in [-0.25, -0.2) is 0 Å². The van der Waals surface area contributed by atoms with Gasteiger partial charge in [0.25, 0.3) is 0 Å². The largest absolute Gasteiger partial charge is 0.467 e. The molecule has 0 saturated heterocycles. The first-order valence-corrected chi connectivity index (χ1v) is 7.50. The second-order valence-corrected chi connectivity index (χ2v) is 6.11. The zero-order chi connectivity index (χ0) is 17.0. The molecule has 2 rings (SSSR count). The van der Waals surface area contributed by atoms with Crippen LogP contribution in [0.4, 0.5) is 5.69 Å². The molecule has 2 aromatic rings. The van der Waals surface area contributed by atoms with E-state index >= 15 is 0 Å². The Kier molecular flexibility index (Phi) is 4.89. The summed E-state index contributed by atoms with van der Waals surface area (Å²) < 4.78 is 5.17. The number of amides is 2. The minimum Gasteiger partial charge on any atom is -0.467 e. The number of furan rings is 1. The molecule has 2 amide bonds. The predicted molar refractivity (Wildman–Crippen MR) is 88.9 cm³/mol. The molecular weight excluding hydrogens is 292 g/mol. The van der Waals surface area contributed by atoms with Crippen LogP contribution in [0.1, 0.15) is 30.7 Å². The summed E-state index contributed by atoms with van der Waals surface area (Å²) in [5, 5.41) is 5.60. The molecule has 0 aliphatic carbocycles. The number of benzene rings is 1. The standard InChI is InChI=1S/C18H22N2O3/c1-12-7-5-8-13(2)15(12)20-17(22)18(3,4)16(21)19-11-14-9-6-10-23-14/h5-10H,11H2,1-4H3,(H,19,21)(H,20,22). The van der Waals surface area contributed by atoms with Crippen LogP contribution in [0, 0.1) is 19.3 Å². The Hall–Kier alpha value is -2.56. The number of para-hydroxylation sites is 1. The fourth-order valence-corrected chi connectivity index (χ4v) is 2.19. The molecule has 0 spiro atoms. The third-order valence-corrected chi connectivity index (χ3v) is 3.86. The van der Waals surface area contributed by atoms with Gasteiger partial charge in [0.1, 0.15) is 11.2 Å².